The van der Waals surface area contributed by atoms with Gasteiger partial charge in [0, 0.05) is 24.0 Å². The van der Waals surface area contributed by atoms with Crippen LogP contribution >= 0.6 is 11.8 Å². The van der Waals surface area contributed by atoms with Gasteiger partial charge in [-0.25, -0.2) is 8.42 Å². The molecule has 0 bridgehead atoms. The van der Waals surface area contributed by atoms with Gasteiger partial charge in [-0.05, 0) is 43.5 Å². The molecule has 7 heteroatoms. The standard InChI is InChI=1S/C20H24N2O3S2/c1-16(17-8-3-2-4-9-17)26-15-20(23)21-18-10-7-11-19(14-18)27(24,25)22-12-5-6-13-22/h2-4,7-11,14,16H,5-6,12-13,15H2,1H3,(H,21,23). The Bertz CT molecular complexity index is 879. The number of thioether (sulfide) groups is 1. The van der Waals surface area contributed by atoms with Gasteiger partial charge in [-0.3, -0.25) is 4.79 Å². The zero-order valence-electron chi connectivity index (χ0n) is 15.3. The number of carbonyl (C=O) groups is 1. The molecule has 0 spiro atoms. The molecule has 1 atom stereocenters. The van der Waals surface area contributed by atoms with E-state index in [0.717, 1.165) is 12.8 Å². The first kappa shape index (κ1) is 19.9. The van der Waals surface area contributed by atoms with Gasteiger partial charge in [-0.2, -0.15) is 4.31 Å². The van der Waals surface area contributed by atoms with E-state index in [1.807, 2.05) is 30.3 Å². The van der Waals surface area contributed by atoms with Crippen molar-refractivity contribution in [2.75, 3.05) is 24.2 Å². The molecule has 0 aromatic heterocycles. The molecule has 1 N–H and O–H groups in total. The summed E-state index contributed by atoms with van der Waals surface area (Å²) in [5, 5.41) is 3.02. The summed E-state index contributed by atoms with van der Waals surface area (Å²) in [5.41, 5.74) is 1.68. The highest BCUT2D eigenvalue weighted by atomic mass is 32.2. The van der Waals surface area contributed by atoms with Gasteiger partial charge in [-0.15, -0.1) is 11.8 Å². The molecule has 1 amide bonds. The first-order chi connectivity index (χ1) is 13.0. The lowest BCUT2D eigenvalue weighted by atomic mass is 10.2. The van der Waals surface area contributed by atoms with Crippen LogP contribution in [0.3, 0.4) is 0 Å². The maximum absolute atomic E-state index is 12.7. The first-order valence-corrected chi connectivity index (χ1v) is 11.5. The molecular formula is C20H24N2O3S2. The molecule has 1 heterocycles. The Kier molecular flexibility index (Phi) is 6.57. The van der Waals surface area contributed by atoms with Gasteiger partial charge >= 0.3 is 0 Å². The van der Waals surface area contributed by atoms with Gasteiger partial charge in [0.2, 0.25) is 15.9 Å². The Morgan fingerprint density at radius 3 is 2.52 bits per heavy atom. The number of nitrogens with zero attached hydrogens (tertiary/aromatic N) is 1. The molecule has 0 aliphatic carbocycles. The van der Waals surface area contributed by atoms with Crippen molar-refractivity contribution in [1.29, 1.82) is 0 Å². The maximum Gasteiger partial charge on any atom is 0.243 e. The molecule has 1 aliphatic rings. The van der Waals surface area contributed by atoms with E-state index in [2.05, 4.69) is 12.2 Å². The summed E-state index contributed by atoms with van der Waals surface area (Å²) in [6, 6.07) is 16.5. The summed E-state index contributed by atoms with van der Waals surface area (Å²) in [5.74, 6) is 0.164. The van der Waals surface area contributed by atoms with E-state index in [0.29, 0.717) is 24.5 Å². The van der Waals surface area contributed by atoms with Gasteiger partial charge in [0.15, 0.2) is 0 Å². The van der Waals surface area contributed by atoms with Crippen LogP contribution in [0.1, 0.15) is 30.6 Å². The van der Waals surface area contributed by atoms with E-state index in [1.54, 1.807) is 30.0 Å². The van der Waals surface area contributed by atoms with Crippen molar-refractivity contribution in [1.82, 2.24) is 4.31 Å². The van der Waals surface area contributed by atoms with E-state index in [1.165, 1.54) is 15.9 Å². The monoisotopic (exact) mass is 404 g/mol. The Labute approximate surface area is 165 Å². The smallest absolute Gasteiger partial charge is 0.243 e. The first-order valence-electron chi connectivity index (χ1n) is 9.03. The number of hydrogen-bond acceptors (Lipinski definition) is 4. The van der Waals surface area contributed by atoms with E-state index >= 15 is 0 Å². The summed E-state index contributed by atoms with van der Waals surface area (Å²) in [6.45, 7) is 3.19. The summed E-state index contributed by atoms with van der Waals surface area (Å²) in [4.78, 5) is 12.5. The second kappa shape index (κ2) is 8.91. The minimum atomic E-state index is -3.48. The van der Waals surface area contributed by atoms with Gasteiger partial charge in [0.1, 0.15) is 0 Å². The molecule has 2 aromatic carbocycles. The molecule has 5 nitrogen and oxygen atoms in total. The fourth-order valence-corrected chi connectivity index (χ4v) is 5.42. The Balaban J connectivity index is 1.60. The number of nitrogens with one attached hydrogen (secondary N) is 1. The average Bonchev–Trinajstić information content (AvgIpc) is 3.23. The van der Waals surface area contributed by atoms with Crippen LogP contribution in [0.4, 0.5) is 5.69 Å². The highest BCUT2D eigenvalue weighted by molar-refractivity contribution is 8.00. The molecule has 0 saturated carbocycles. The predicted molar refractivity (Wildman–Crippen MR) is 110 cm³/mol. The normalized spacial score (nSPS) is 16.2. The second-order valence-corrected chi connectivity index (χ2v) is 9.82. The van der Waals surface area contributed by atoms with Crippen LogP contribution in [0, 0.1) is 0 Å². The number of benzene rings is 2. The third-order valence-electron chi connectivity index (χ3n) is 4.55. The number of sulfonamides is 1. The van der Waals surface area contributed by atoms with Crippen molar-refractivity contribution >= 4 is 33.4 Å². The fraction of sp³-hybridized carbons (Fsp3) is 0.350. The Morgan fingerprint density at radius 2 is 1.81 bits per heavy atom. The van der Waals surface area contributed by atoms with Crippen LogP contribution in [0.5, 0.6) is 0 Å². The molecule has 144 valence electrons. The topological polar surface area (TPSA) is 66.5 Å². The van der Waals surface area contributed by atoms with Crippen molar-refractivity contribution in [3.8, 4) is 0 Å². The van der Waals surface area contributed by atoms with E-state index in [-0.39, 0.29) is 16.1 Å². The second-order valence-electron chi connectivity index (χ2n) is 6.55. The quantitative estimate of drug-likeness (QED) is 0.760. The molecule has 1 aliphatic heterocycles. The van der Waals surface area contributed by atoms with Crippen molar-refractivity contribution < 1.29 is 13.2 Å². The van der Waals surface area contributed by atoms with Gasteiger partial charge < -0.3 is 5.32 Å². The number of anilines is 1. The van der Waals surface area contributed by atoms with E-state index in [4.69, 9.17) is 0 Å². The predicted octanol–water partition coefficient (Wildman–Crippen LogP) is 3.90. The van der Waals surface area contributed by atoms with Crippen molar-refractivity contribution in [2.45, 2.75) is 29.9 Å². The summed E-state index contributed by atoms with van der Waals surface area (Å²) in [7, 11) is -3.48. The van der Waals surface area contributed by atoms with E-state index < -0.39 is 10.0 Å². The molecule has 1 unspecified atom stereocenters. The van der Waals surface area contributed by atoms with Crippen LogP contribution < -0.4 is 5.32 Å². The minimum absolute atomic E-state index is 0.140. The third-order valence-corrected chi connectivity index (χ3v) is 7.65. The summed E-state index contributed by atoms with van der Waals surface area (Å²) >= 11 is 1.55. The molecule has 1 fully saturated rings. The summed E-state index contributed by atoms with van der Waals surface area (Å²) in [6.07, 6.45) is 1.79. The SMILES string of the molecule is CC(SCC(=O)Nc1cccc(S(=O)(=O)N2CCCC2)c1)c1ccccc1. The van der Waals surface area contributed by atoms with Gasteiger partial charge in [-0.1, -0.05) is 36.4 Å². The van der Waals surface area contributed by atoms with Crippen molar-refractivity contribution in [2.24, 2.45) is 0 Å². The Hall–Kier alpha value is -1.83. The molecule has 2 aromatic rings. The summed E-state index contributed by atoms with van der Waals surface area (Å²) < 4.78 is 26.8. The molecule has 3 rings (SSSR count). The zero-order valence-corrected chi connectivity index (χ0v) is 16.9. The number of rotatable bonds is 7. The highest BCUT2D eigenvalue weighted by Crippen LogP contribution is 2.28. The van der Waals surface area contributed by atoms with Gasteiger partial charge in [0.05, 0.1) is 10.6 Å². The minimum Gasteiger partial charge on any atom is -0.325 e. The number of amides is 1. The molecular weight excluding hydrogens is 380 g/mol. The molecule has 0 radical (unpaired) electrons. The zero-order chi connectivity index (χ0) is 19.3. The lowest BCUT2D eigenvalue weighted by Gasteiger charge is -2.16. The van der Waals surface area contributed by atoms with Crippen LogP contribution in [0.15, 0.2) is 59.5 Å². The number of hydrogen-bond donors (Lipinski definition) is 1. The van der Waals surface area contributed by atoms with Gasteiger partial charge in [0.25, 0.3) is 0 Å². The largest absolute Gasteiger partial charge is 0.325 e. The highest BCUT2D eigenvalue weighted by Gasteiger charge is 2.27. The number of carbonyl (C=O) groups excluding carboxylic acids is 1. The third kappa shape index (κ3) is 5.12. The van der Waals surface area contributed by atoms with E-state index in [9.17, 15) is 13.2 Å². The van der Waals surface area contributed by atoms with Crippen molar-refractivity contribution in [3.05, 3.63) is 60.2 Å². The van der Waals surface area contributed by atoms with Crippen LogP contribution in [0.25, 0.3) is 0 Å². The lowest BCUT2D eigenvalue weighted by Crippen LogP contribution is -2.28. The molecule has 1 saturated heterocycles. The van der Waals surface area contributed by atoms with Crippen LogP contribution in [0.2, 0.25) is 0 Å². The molecule has 27 heavy (non-hydrogen) atoms. The lowest BCUT2D eigenvalue weighted by molar-refractivity contribution is -0.113. The van der Waals surface area contributed by atoms with Crippen LogP contribution in [-0.4, -0.2) is 37.5 Å². The van der Waals surface area contributed by atoms with Crippen molar-refractivity contribution in [3.63, 3.8) is 0 Å². The Morgan fingerprint density at radius 1 is 1.11 bits per heavy atom. The average molecular weight is 405 g/mol. The fourth-order valence-electron chi connectivity index (χ4n) is 3.03. The van der Waals surface area contributed by atoms with Crippen LogP contribution in [-0.2, 0) is 14.8 Å². The maximum atomic E-state index is 12.7.